The van der Waals surface area contributed by atoms with Crippen molar-refractivity contribution in [3.05, 3.63) is 30.3 Å². The van der Waals surface area contributed by atoms with Crippen LogP contribution in [0, 0.1) is 0 Å². The lowest BCUT2D eigenvalue weighted by Gasteiger charge is -1.93. The van der Waals surface area contributed by atoms with Gasteiger partial charge in [0.1, 0.15) is 11.5 Å². The average molecular weight is 245 g/mol. The molecule has 1 rings (SSSR count). The first kappa shape index (κ1) is 12.2. The summed E-state index contributed by atoms with van der Waals surface area (Å²) in [5.74, 6) is 1.08. The Morgan fingerprint density at radius 2 is 1.85 bits per heavy atom. The summed E-state index contributed by atoms with van der Waals surface area (Å²) in [5, 5.41) is 0.479. The molecule has 0 fully saturated rings. The van der Waals surface area contributed by atoms with Crippen molar-refractivity contribution < 1.29 is 9.53 Å². The Morgan fingerprint density at radius 3 is 2.08 bits per heavy atom. The van der Waals surface area contributed by atoms with E-state index in [0.29, 0.717) is 5.33 Å². The fraction of sp³-hybridized carbons (Fsp3) is 0.300. The van der Waals surface area contributed by atoms with E-state index in [1.165, 1.54) is 6.92 Å². The normalized spacial score (nSPS) is 8.23. The van der Waals surface area contributed by atoms with Gasteiger partial charge in [0.2, 0.25) is 0 Å². The van der Waals surface area contributed by atoms with Crippen molar-refractivity contribution in [2.75, 3.05) is 12.4 Å². The number of Topliss-reactive ketones (excluding diaryl/α,β-unsaturated/α-hetero) is 1. The number of ether oxygens (including phenoxy) is 1. The number of ketones is 1. The van der Waals surface area contributed by atoms with Crippen LogP contribution in [0.15, 0.2) is 30.3 Å². The monoisotopic (exact) mass is 244 g/mol. The summed E-state index contributed by atoms with van der Waals surface area (Å²) in [6.07, 6.45) is 0. The maximum atomic E-state index is 9.77. The molecule has 0 aromatic heterocycles. The quantitative estimate of drug-likeness (QED) is 0.749. The van der Waals surface area contributed by atoms with Gasteiger partial charge in [-0.3, -0.25) is 4.79 Å². The summed E-state index contributed by atoms with van der Waals surface area (Å²) < 4.78 is 4.91. The lowest BCUT2D eigenvalue weighted by Crippen LogP contribution is -1.85. The van der Waals surface area contributed by atoms with E-state index in [9.17, 15) is 4.79 Å². The Kier molecular flexibility index (Phi) is 7.30. The molecule has 1 aromatic rings. The third kappa shape index (κ3) is 7.53. The predicted octanol–water partition coefficient (Wildman–Crippen LogP) is 2.67. The molecule has 0 spiro atoms. The number of methoxy groups -OCH3 is 1. The van der Waals surface area contributed by atoms with Gasteiger partial charge in [-0.05, 0) is 19.1 Å². The molecule has 0 saturated heterocycles. The summed E-state index contributed by atoms with van der Waals surface area (Å²) in [7, 11) is 1.66. The summed E-state index contributed by atoms with van der Waals surface area (Å²) in [4.78, 5) is 9.77. The van der Waals surface area contributed by atoms with Gasteiger partial charge in [0.25, 0.3) is 0 Å². The van der Waals surface area contributed by atoms with E-state index in [2.05, 4.69) is 15.9 Å². The van der Waals surface area contributed by atoms with E-state index in [0.717, 1.165) is 5.75 Å². The molecule has 0 N–H and O–H groups in total. The van der Waals surface area contributed by atoms with Crippen LogP contribution in [-0.2, 0) is 4.79 Å². The van der Waals surface area contributed by atoms with Crippen LogP contribution in [0.2, 0.25) is 0 Å². The van der Waals surface area contributed by atoms with Gasteiger partial charge < -0.3 is 4.74 Å². The van der Waals surface area contributed by atoms with Crippen LogP contribution >= 0.6 is 15.9 Å². The number of benzene rings is 1. The van der Waals surface area contributed by atoms with E-state index < -0.39 is 0 Å². The molecule has 0 aliphatic rings. The first-order valence-electron chi connectivity index (χ1n) is 3.85. The summed E-state index contributed by atoms with van der Waals surface area (Å²) >= 11 is 2.96. The highest BCUT2D eigenvalue weighted by Gasteiger charge is 1.80. The number of halogens is 1. The molecule has 0 aliphatic carbocycles. The zero-order chi connectivity index (χ0) is 10.1. The van der Waals surface area contributed by atoms with Gasteiger partial charge in [0.15, 0.2) is 0 Å². The van der Waals surface area contributed by atoms with Crippen molar-refractivity contribution in [2.45, 2.75) is 6.92 Å². The van der Waals surface area contributed by atoms with Crippen LogP contribution in [0.5, 0.6) is 5.75 Å². The number of hydrogen-bond acceptors (Lipinski definition) is 2. The molecule has 1 aromatic carbocycles. The highest BCUT2D eigenvalue weighted by atomic mass is 79.9. The van der Waals surface area contributed by atoms with Gasteiger partial charge in [-0.15, -0.1) is 0 Å². The van der Waals surface area contributed by atoms with Crippen molar-refractivity contribution in [3.8, 4) is 5.75 Å². The maximum Gasteiger partial charge on any atom is 0.140 e. The van der Waals surface area contributed by atoms with Crippen LogP contribution in [0.3, 0.4) is 0 Å². The van der Waals surface area contributed by atoms with Crippen molar-refractivity contribution in [1.82, 2.24) is 0 Å². The van der Waals surface area contributed by atoms with E-state index in [1.807, 2.05) is 30.3 Å². The summed E-state index contributed by atoms with van der Waals surface area (Å²) in [6.45, 7) is 1.54. The Bertz CT molecular complexity index is 234. The molecule has 0 amide bonds. The molecule has 0 saturated carbocycles. The molecular formula is C10H13BrO2. The van der Waals surface area contributed by atoms with Gasteiger partial charge in [0, 0.05) is 0 Å². The molecule has 13 heavy (non-hydrogen) atoms. The zero-order valence-electron chi connectivity index (χ0n) is 7.79. The van der Waals surface area contributed by atoms with Crippen LogP contribution in [-0.4, -0.2) is 18.2 Å². The highest BCUT2D eigenvalue weighted by Crippen LogP contribution is 2.05. The molecule has 0 heterocycles. The number of carbonyl (C=O) groups excluding carboxylic acids is 1. The van der Waals surface area contributed by atoms with Crippen LogP contribution < -0.4 is 4.74 Å². The molecule has 0 radical (unpaired) electrons. The fourth-order valence-electron chi connectivity index (χ4n) is 0.557. The molecule has 2 nitrogen and oxygen atoms in total. The second-order valence-corrected chi connectivity index (χ2v) is 2.91. The lowest BCUT2D eigenvalue weighted by molar-refractivity contribution is -0.114. The van der Waals surface area contributed by atoms with E-state index >= 15 is 0 Å². The van der Waals surface area contributed by atoms with Crippen LogP contribution in [0.1, 0.15) is 6.92 Å². The molecule has 0 unspecified atom stereocenters. The predicted molar refractivity (Wildman–Crippen MR) is 57.5 cm³/mol. The minimum Gasteiger partial charge on any atom is -0.497 e. The summed E-state index contributed by atoms with van der Waals surface area (Å²) in [5.41, 5.74) is 0. The Hall–Kier alpha value is -0.830. The van der Waals surface area contributed by atoms with Crippen LogP contribution in [0.4, 0.5) is 0 Å². The first-order chi connectivity index (χ1) is 6.20. The van der Waals surface area contributed by atoms with Gasteiger partial charge >= 0.3 is 0 Å². The number of carbonyl (C=O) groups is 1. The van der Waals surface area contributed by atoms with Gasteiger partial charge in [0.05, 0.1) is 12.4 Å². The number of rotatable bonds is 2. The smallest absolute Gasteiger partial charge is 0.140 e. The minimum atomic E-state index is 0.171. The molecular weight excluding hydrogens is 232 g/mol. The lowest BCUT2D eigenvalue weighted by atomic mass is 10.3. The molecule has 0 atom stereocenters. The standard InChI is InChI=1S/C7H8O.C3H5BrO/c1-8-7-5-3-2-4-6-7;1-3(5)2-4/h2-6H,1H3;2H2,1H3. The third-order valence-electron chi connectivity index (χ3n) is 1.17. The highest BCUT2D eigenvalue weighted by molar-refractivity contribution is 9.09. The minimum absolute atomic E-state index is 0.171. The average Bonchev–Trinajstić information content (AvgIpc) is 2.20. The van der Waals surface area contributed by atoms with Crippen molar-refractivity contribution in [3.63, 3.8) is 0 Å². The second-order valence-electron chi connectivity index (χ2n) is 2.35. The van der Waals surface area contributed by atoms with Crippen molar-refractivity contribution in [1.29, 1.82) is 0 Å². The molecule has 0 bridgehead atoms. The topological polar surface area (TPSA) is 26.3 Å². The third-order valence-corrected chi connectivity index (χ3v) is 1.96. The van der Waals surface area contributed by atoms with Gasteiger partial charge in [-0.1, -0.05) is 34.1 Å². The number of alkyl halides is 1. The zero-order valence-corrected chi connectivity index (χ0v) is 9.37. The number of hydrogen-bond donors (Lipinski definition) is 0. The van der Waals surface area contributed by atoms with Crippen LogP contribution in [0.25, 0.3) is 0 Å². The first-order valence-corrected chi connectivity index (χ1v) is 4.97. The Morgan fingerprint density at radius 1 is 1.38 bits per heavy atom. The second kappa shape index (κ2) is 7.80. The number of para-hydroxylation sites is 1. The van der Waals surface area contributed by atoms with E-state index in [4.69, 9.17) is 4.74 Å². The Labute approximate surface area is 87.0 Å². The van der Waals surface area contributed by atoms with E-state index in [1.54, 1.807) is 7.11 Å². The largest absolute Gasteiger partial charge is 0.497 e. The Balaban J connectivity index is 0.000000252. The molecule has 72 valence electrons. The summed E-state index contributed by atoms with van der Waals surface area (Å²) in [6, 6.07) is 9.68. The van der Waals surface area contributed by atoms with E-state index in [-0.39, 0.29) is 5.78 Å². The maximum absolute atomic E-state index is 9.77. The van der Waals surface area contributed by atoms with Gasteiger partial charge in [-0.2, -0.15) is 0 Å². The SMILES string of the molecule is CC(=O)CBr.COc1ccccc1. The van der Waals surface area contributed by atoms with Gasteiger partial charge in [-0.25, -0.2) is 0 Å². The molecule has 3 heteroatoms. The van der Waals surface area contributed by atoms with Crippen molar-refractivity contribution in [2.24, 2.45) is 0 Å². The molecule has 0 aliphatic heterocycles. The van der Waals surface area contributed by atoms with Crippen molar-refractivity contribution >= 4 is 21.7 Å². The fourth-order valence-corrected chi connectivity index (χ4v) is 0.557.